The average Bonchev–Trinajstić information content (AvgIpc) is 3.17. The van der Waals surface area contributed by atoms with E-state index in [4.69, 9.17) is 0 Å². The Hall–Kier alpha value is -3.05. The molecule has 2 aromatic heterocycles. The molecular weight excluding hydrogens is 332 g/mol. The normalized spacial score (nSPS) is 10.1. The lowest BCUT2D eigenvalue weighted by Gasteiger charge is -2.08. The van der Waals surface area contributed by atoms with E-state index in [0.717, 1.165) is 4.88 Å². The first-order valence-electron chi connectivity index (χ1n) is 7.75. The predicted octanol–water partition coefficient (Wildman–Crippen LogP) is 4.47. The number of thiophene rings is 1. The van der Waals surface area contributed by atoms with Crippen molar-refractivity contribution in [1.82, 2.24) is 9.55 Å². The van der Waals surface area contributed by atoms with Gasteiger partial charge < -0.3 is 0 Å². The van der Waals surface area contributed by atoms with Gasteiger partial charge >= 0.3 is 0 Å². The zero-order chi connectivity index (χ0) is 17.6. The summed E-state index contributed by atoms with van der Waals surface area (Å²) >= 11 is 1.43. The molecule has 4 rings (SSSR count). The number of rotatable bonds is 1. The predicted molar refractivity (Wildman–Crippen MR) is 102 cm³/mol. The minimum absolute atomic E-state index is 0.304. The second kappa shape index (κ2) is 7.68. The summed E-state index contributed by atoms with van der Waals surface area (Å²) in [5.74, 6) is -0.304. The fourth-order valence-corrected chi connectivity index (χ4v) is 3.11. The molecule has 25 heavy (non-hydrogen) atoms. The van der Waals surface area contributed by atoms with Gasteiger partial charge in [-0.3, -0.25) is 9.59 Å². The molecule has 5 heteroatoms. The van der Waals surface area contributed by atoms with E-state index in [9.17, 15) is 9.59 Å². The Bertz CT molecular complexity index is 1010. The number of aromatic nitrogens is 2. The van der Waals surface area contributed by atoms with E-state index >= 15 is 0 Å². The van der Waals surface area contributed by atoms with Gasteiger partial charge in [0.25, 0.3) is 5.56 Å². The number of carbonyl (C=O) groups is 1. The molecule has 0 spiro atoms. The van der Waals surface area contributed by atoms with Gasteiger partial charge in [0.2, 0.25) is 5.91 Å². The zero-order valence-electron chi connectivity index (χ0n) is 13.6. The van der Waals surface area contributed by atoms with Gasteiger partial charge in [-0.25, -0.2) is 9.55 Å². The molecule has 0 saturated heterocycles. The smallest absolute Gasteiger partial charge is 0.274 e. The third-order valence-electron chi connectivity index (χ3n) is 3.50. The Balaban J connectivity index is 0.000000258. The first-order valence-corrected chi connectivity index (χ1v) is 8.63. The van der Waals surface area contributed by atoms with E-state index in [1.807, 2.05) is 60.0 Å². The standard InChI is InChI=1S/C14H10N2O2S.C6H6/c1-9(17)16-11-6-3-2-5-10(11)15-13(14(16)18)12-7-4-8-19-12;1-2-4-6-5-3-1/h2-8H,1H3;1-6H. The summed E-state index contributed by atoms with van der Waals surface area (Å²) < 4.78 is 1.18. The molecule has 0 fully saturated rings. The van der Waals surface area contributed by atoms with E-state index in [1.54, 1.807) is 18.2 Å². The molecule has 124 valence electrons. The monoisotopic (exact) mass is 348 g/mol. The fraction of sp³-hybridized carbons (Fsp3) is 0.0500. The van der Waals surface area contributed by atoms with Crippen LogP contribution in [0.4, 0.5) is 0 Å². The summed E-state index contributed by atoms with van der Waals surface area (Å²) in [6, 6.07) is 22.8. The highest BCUT2D eigenvalue weighted by Crippen LogP contribution is 2.21. The molecule has 4 nitrogen and oxygen atoms in total. The molecule has 0 aliphatic rings. The maximum atomic E-state index is 12.4. The Morgan fingerprint density at radius 3 is 2.12 bits per heavy atom. The SMILES string of the molecule is CC(=O)n1c(=O)c(-c2cccs2)nc2ccccc21.c1ccccc1. The first kappa shape index (κ1) is 16.8. The quantitative estimate of drug-likeness (QED) is 0.510. The van der Waals surface area contributed by atoms with Crippen molar-refractivity contribution in [2.45, 2.75) is 6.92 Å². The molecule has 2 aromatic carbocycles. The number of nitrogens with zero attached hydrogens (tertiary/aromatic N) is 2. The molecule has 0 unspecified atom stereocenters. The molecular formula is C20H16N2O2S. The zero-order valence-corrected chi connectivity index (χ0v) is 14.4. The third-order valence-corrected chi connectivity index (χ3v) is 4.37. The van der Waals surface area contributed by atoms with Crippen LogP contribution in [0.2, 0.25) is 0 Å². The first-order chi connectivity index (χ1) is 12.2. The third kappa shape index (κ3) is 3.72. The number of fused-ring (bicyclic) bond motifs is 1. The summed E-state index contributed by atoms with van der Waals surface area (Å²) in [6.45, 7) is 1.38. The van der Waals surface area contributed by atoms with Crippen LogP contribution in [0.15, 0.2) is 83.0 Å². The van der Waals surface area contributed by atoms with Crippen molar-refractivity contribution in [2.24, 2.45) is 0 Å². The van der Waals surface area contributed by atoms with Gasteiger partial charge in [0.15, 0.2) is 0 Å². The molecule has 4 aromatic rings. The van der Waals surface area contributed by atoms with Gasteiger partial charge in [0.05, 0.1) is 15.9 Å². The van der Waals surface area contributed by atoms with Crippen molar-refractivity contribution < 1.29 is 4.79 Å². The second-order valence-electron chi connectivity index (χ2n) is 5.24. The van der Waals surface area contributed by atoms with Crippen molar-refractivity contribution in [3.05, 3.63) is 88.5 Å². The van der Waals surface area contributed by atoms with Crippen LogP contribution in [0.25, 0.3) is 21.6 Å². The fourth-order valence-electron chi connectivity index (χ4n) is 2.40. The number of para-hydroxylation sites is 2. The lowest BCUT2D eigenvalue weighted by atomic mass is 10.2. The minimum Gasteiger partial charge on any atom is -0.274 e. The van der Waals surface area contributed by atoms with E-state index in [1.165, 1.54) is 22.8 Å². The van der Waals surface area contributed by atoms with Crippen LogP contribution < -0.4 is 5.56 Å². The van der Waals surface area contributed by atoms with Crippen LogP contribution in [0, 0.1) is 0 Å². The van der Waals surface area contributed by atoms with Crippen molar-refractivity contribution in [2.75, 3.05) is 0 Å². The summed E-state index contributed by atoms with van der Waals surface area (Å²) in [7, 11) is 0. The van der Waals surface area contributed by atoms with Crippen LogP contribution in [-0.2, 0) is 0 Å². The average molecular weight is 348 g/mol. The maximum absolute atomic E-state index is 12.4. The van der Waals surface area contributed by atoms with Crippen molar-refractivity contribution >= 4 is 28.3 Å². The second-order valence-corrected chi connectivity index (χ2v) is 6.19. The maximum Gasteiger partial charge on any atom is 0.285 e. The largest absolute Gasteiger partial charge is 0.285 e. The Labute approximate surface area is 149 Å². The molecule has 0 N–H and O–H groups in total. The van der Waals surface area contributed by atoms with Gasteiger partial charge in [0.1, 0.15) is 5.69 Å². The van der Waals surface area contributed by atoms with Crippen LogP contribution in [0.1, 0.15) is 11.7 Å². The van der Waals surface area contributed by atoms with Crippen LogP contribution in [0.5, 0.6) is 0 Å². The van der Waals surface area contributed by atoms with Gasteiger partial charge in [-0.1, -0.05) is 54.6 Å². The number of benzene rings is 2. The summed E-state index contributed by atoms with van der Waals surface area (Å²) in [4.78, 5) is 29.3. The van der Waals surface area contributed by atoms with E-state index < -0.39 is 0 Å². The van der Waals surface area contributed by atoms with E-state index in [0.29, 0.717) is 16.7 Å². The molecule has 0 aliphatic heterocycles. The molecule has 0 saturated carbocycles. The Kier molecular flexibility index (Phi) is 5.16. The molecule has 2 heterocycles. The molecule has 0 amide bonds. The minimum atomic E-state index is -0.367. The number of carbonyl (C=O) groups excluding carboxylic acids is 1. The van der Waals surface area contributed by atoms with Gasteiger partial charge in [-0.05, 0) is 23.6 Å². The van der Waals surface area contributed by atoms with Crippen molar-refractivity contribution in [1.29, 1.82) is 0 Å². The van der Waals surface area contributed by atoms with Crippen LogP contribution in [0.3, 0.4) is 0 Å². The van der Waals surface area contributed by atoms with Crippen LogP contribution in [-0.4, -0.2) is 15.5 Å². The van der Waals surface area contributed by atoms with Crippen LogP contribution >= 0.6 is 11.3 Å². The van der Waals surface area contributed by atoms with Gasteiger partial charge in [-0.15, -0.1) is 11.3 Å². The molecule has 0 aliphatic carbocycles. The lowest BCUT2D eigenvalue weighted by Crippen LogP contribution is -2.27. The highest BCUT2D eigenvalue weighted by molar-refractivity contribution is 7.13. The lowest BCUT2D eigenvalue weighted by molar-refractivity contribution is 0.0937. The highest BCUT2D eigenvalue weighted by atomic mass is 32.1. The summed E-state index contributed by atoms with van der Waals surface area (Å²) in [5, 5.41) is 1.88. The summed E-state index contributed by atoms with van der Waals surface area (Å²) in [5.41, 5.74) is 1.14. The Morgan fingerprint density at radius 1 is 0.920 bits per heavy atom. The van der Waals surface area contributed by atoms with Crippen molar-refractivity contribution in [3.8, 4) is 10.6 Å². The van der Waals surface area contributed by atoms with E-state index in [-0.39, 0.29) is 11.5 Å². The van der Waals surface area contributed by atoms with Gasteiger partial charge in [-0.2, -0.15) is 0 Å². The summed E-state index contributed by atoms with van der Waals surface area (Å²) in [6.07, 6.45) is 0. The number of hydrogen-bond donors (Lipinski definition) is 0. The van der Waals surface area contributed by atoms with E-state index in [2.05, 4.69) is 4.98 Å². The molecule has 0 atom stereocenters. The number of hydrogen-bond acceptors (Lipinski definition) is 4. The highest BCUT2D eigenvalue weighted by Gasteiger charge is 2.15. The van der Waals surface area contributed by atoms with Gasteiger partial charge in [0, 0.05) is 6.92 Å². The van der Waals surface area contributed by atoms with Crippen molar-refractivity contribution in [3.63, 3.8) is 0 Å². The topological polar surface area (TPSA) is 52.0 Å². The Morgan fingerprint density at radius 2 is 1.56 bits per heavy atom. The molecule has 0 radical (unpaired) electrons. The molecule has 0 bridgehead atoms.